The SMILES string of the molecule is COc1ccc(-c2nnnn2C(C)(C)C)cc1N. The molecule has 96 valence electrons. The fourth-order valence-corrected chi connectivity index (χ4v) is 1.69. The highest BCUT2D eigenvalue weighted by Gasteiger charge is 2.21. The Kier molecular flexibility index (Phi) is 2.94. The molecule has 2 rings (SSSR count). The first-order valence-electron chi connectivity index (χ1n) is 5.66. The van der Waals surface area contributed by atoms with Crippen molar-refractivity contribution in [2.75, 3.05) is 12.8 Å². The molecule has 0 aliphatic rings. The molecule has 0 aliphatic heterocycles. The summed E-state index contributed by atoms with van der Waals surface area (Å²) in [5.74, 6) is 1.34. The summed E-state index contributed by atoms with van der Waals surface area (Å²) in [7, 11) is 1.59. The zero-order valence-corrected chi connectivity index (χ0v) is 11.0. The Labute approximate surface area is 106 Å². The third kappa shape index (κ3) is 2.13. The fourth-order valence-electron chi connectivity index (χ4n) is 1.69. The molecule has 2 aromatic rings. The molecule has 1 aromatic carbocycles. The number of methoxy groups -OCH3 is 1. The van der Waals surface area contributed by atoms with Gasteiger partial charge in [0.05, 0.1) is 18.3 Å². The summed E-state index contributed by atoms with van der Waals surface area (Å²) in [6.45, 7) is 6.12. The number of ether oxygens (including phenoxy) is 1. The Bertz CT molecular complexity index is 556. The van der Waals surface area contributed by atoms with E-state index in [1.165, 1.54) is 0 Å². The maximum Gasteiger partial charge on any atom is 0.182 e. The molecule has 0 bridgehead atoms. The van der Waals surface area contributed by atoms with Crippen molar-refractivity contribution in [3.63, 3.8) is 0 Å². The van der Waals surface area contributed by atoms with Crippen molar-refractivity contribution < 1.29 is 4.74 Å². The van der Waals surface area contributed by atoms with Crippen molar-refractivity contribution >= 4 is 5.69 Å². The zero-order chi connectivity index (χ0) is 13.3. The second kappa shape index (κ2) is 4.29. The molecule has 2 N–H and O–H groups in total. The van der Waals surface area contributed by atoms with Gasteiger partial charge in [0.1, 0.15) is 5.75 Å². The van der Waals surface area contributed by atoms with Gasteiger partial charge in [0.15, 0.2) is 5.82 Å². The second-order valence-corrected chi connectivity index (χ2v) is 5.04. The minimum atomic E-state index is -0.187. The summed E-state index contributed by atoms with van der Waals surface area (Å²) in [6.07, 6.45) is 0. The van der Waals surface area contributed by atoms with E-state index < -0.39 is 0 Å². The minimum absolute atomic E-state index is 0.187. The highest BCUT2D eigenvalue weighted by molar-refractivity contribution is 5.66. The lowest BCUT2D eigenvalue weighted by atomic mass is 10.1. The molecule has 1 aromatic heterocycles. The van der Waals surface area contributed by atoms with Gasteiger partial charge in [0.25, 0.3) is 0 Å². The topological polar surface area (TPSA) is 78.9 Å². The van der Waals surface area contributed by atoms with E-state index in [2.05, 4.69) is 15.5 Å². The van der Waals surface area contributed by atoms with Crippen LogP contribution in [0.5, 0.6) is 5.75 Å². The smallest absolute Gasteiger partial charge is 0.182 e. The van der Waals surface area contributed by atoms with Crippen LogP contribution in [0, 0.1) is 0 Å². The Morgan fingerprint density at radius 1 is 1.28 bits per heavy atom. The Morgan fingerprint density at radius 3 is 2.56 bits per heavy atom. The Balaban J connectivity index is 2.50. The molecule has 0 unspecified atom stereocenters. The maximum atomic E-state index is 5.89. The molecule has 0 fully saturated rings. The lowest BCUT2D eigenvalue weighted by Gasteiger charge is -2.20. The molecule has 0 radical (unpaired) electrons. The van der Waals surface area contributed by atoms with E-state index in [4.69, 9.17) is 10.5 Å². The number of nitrogen functional groups attached to an aromatic ring is 1. The van der Waals surface area contributed by atoms with Crippen molar-refractivity contribution in [1.82, 2.24) is 20.2 Å². The van der Waals surface area contributed by atoms with Crippen molar-refractivity contribution in [3.05, 3.63) is 18.2 Å². The third-order valence-corrected chi connectivity index (χ3v) is 2.59. The lowest BCUT2D eigenvalue weighted by molar-refractivity contribution is 0.351. The maximum absolute atomic E-state index is 5.89. The van der Waals surface area contributed by atoms with Gasteiger partial charge in [-0.25, -0.2) is 4.68 Å². The van der Waals surface area contributed by atoms with E-state index >= 15 is 0 Å². The molecule has 18 heavy (non-hydrogen) atoms. The van der Waals surface area contributed by atoms with Crippen molar-refractivity contribution in [2.24, 2.45) is 0 Å². The number of rotatable bonds is 2. The average molecular weight is 247 g/mol. The molecule has 0 amide bonds. The molecule has 0 spiro atoms. The van der Waals surface area contributed by atoms with Gasteiger partial charge in [-0.15, -0.1) is 5.10 Å². The van der Waals surface area contributed by atoms with Crippen molar-refractivity contribution in [2.45, 2.75) is 26.3 Å². The van der Waals surface area contributed by atoms with Gasteiger partial charge < -0.3 is 10.5 Å². The van der Waals surface area contributed by atoms with Crippen LogP contribution in [0.25, 0.3) is 11.4 Å². The number of benzene rings is 1. The standard InChI is InChI=1S/C12H17N5O/c1-12(2,3)17-11(14-15-16-17)8-5-6-10(18-4)9(13)7-8/h5-7H,13H2,1-4H3. The molecule has 6 nitrogen and oxygen atoms in total. The summed E-state index contributed by atoms with van der Waals surface area (Å²) >= 11 is 0. The monoisotopic (exact) mass is 247 g/mol. The van der Waals surface area contributed by atoms with Crippen LogP contribution in [-0.2, 0) is 5.54 Å². The van der Waals surface area contributed by atoms with E-state index in [0.717, 1.165) is 5.56 Å². The number of hydrogen-bond donors (Lipinski definition) is 1. The predicted molar refractivity (Wildman–Crippen MR) is 69.2 cm³/mol. The van der Waals surface area contributed by atoms with Crippen LogP contribution in [0.4, 0.5) is 5.69 Å². The van der Waals surface area contributed by atoms with E-state index in [0.29, 0.717) is 17.3 Å². The van der Waals surface area contributed by atoms with Gasteiger partial charge in [-0.05, 0) is 49.4 Å². The summed E-state index contributed by atoms with van der Waals surface area (Å²) < 4.78 is 6.90. The first kappa shape index (κ1) is 12.3. The van der Waals surface area contributed by atoms with E-state index in [-0.39, 0.29) is 5.54 Å². The summed E-state index contributed by atoms with van der Waals surface area (Å²) in [6, 6.07) is 5.52. The largest absolute Gasteiger partial charge is 0.495 e. The van der Waals surface area contributed by atoms with Gasteiger partial charge in [-0.2, -0.15) is 0 Å². The van der Waals surface area contributed by atoms with Gasteiger partial charge in [0, 0.05) is 5.56 Å². The van der Waals surface area contributed by atoms with E-state index in [9.17, 15) is 0 Å². The lowest BCUT2D eigenvalue weighted by Crippen LogP contribution is -2.24. The van der Waals surface area contributed by atoms with Crippen molar-refractivity contribution in [1.29, 1.82) is 0 Å². The average Bonchev–Trinajstić information content (AvgIpc) is 2.77. The minimum Gasteiger partial charge on any atom is -0.495 e. The highest BCUT2D eigenvalue weighted by atomic mass is 16.5. The molecular weight excluding hydrogens is 230 g/mol. The number of anilines is 1. The van der Waals surface area contributed by atoms with Gasteiger partial charge in [-0.3, -0.25) is 0 Å². The number of tetrazole rings is 1. The fraction of sp³-hybridized carbons (Fsp3) is 0.417. The van der Waals surface area contributed by atoms with Crippen LogP contribution in [-0.4, -0.2) is 27.3 Å². The van der Waals surface area contributed by atoms with Gasteiger partial charge in [0.2, 0.25) is 0 Å². The van der Waals surface area contributed by atoms with Gasteiger partial charge >= 0.3 is 0 Å². The van der Waals surface area contributed by atoms with Crippen LogP contribution in [0.2, 0.25) is 0 Å². The van der Waals surface area contributed by atoms with Crippen LogP contribution in [0.15, 0.2) is 18.2 Å². The second-order valence-electron chi connectivity index (χ2n) is 5.04. The van der Waals surface area contributed by atoms with Crippen molar-refractivity contribution in [3.8, 4) is 17.1 Å². The first-order chi connectivity index (χ1) is 8.43. The molecule has 0 atom stereocenters. The Morgan fingerprint density at radius 2 is 2.00 bits per heavy atom. The predicted octanol–water partition coefficient (Wildman–Crippen LogP) is 1.69. The summed E-state index contributed by atoms with van der Waals surface area (Å²) in [5.41, 5.74) is 7.14. The number of nitrogens with zero attached hydrogens (tertiary/aromatic N) is 4. The van der Waals surface area contributed by atoms with Crippen LogP contribution in [0.3, 0.4) is 0 Å². The van der Waals surface area contributed by atoms with Crippen LogP contribution >= 0.6 is 0 Å². The third-order valence-electron chi connectivity index (χ3n) is 2.59. The molecule has 0 saturated carbocycles. The molecule has 1 heterocycles. The molecule has 0 saturated heterocycles. The Hall–Kier alpha value is -2.11. The quantitative estimate of drug-likeness (QED) is 0.817. The highest BCUT2D eigenvalue weighted by Crippen LogP contribution is 2.28. The van der Waals surface area contributed by atoms with E-state index in [1.807, 2.05) is 39.0 Å². The normalized spacial score (nSPS) is 11.6. The summed E-state index contributed by atoms with van der Waals surface area (Å²) in [5, 5.41) is 11.8. The summed E-state index contributed by atoms with van der Waals surface area (Å²) in [4.78, 5) is 0. The molecule has 6 heteroatoms. The number of aromatic nitrogens is 4. The van der Waals surface area contributed by atoms with Gasteiger partial charge in [-0.1, -0.05) is 0 Å². The number of nitrogens with two attached hydrogens (primary N) is 1. The number of hydrogen-bond acceptors (Lipinski definition) is 5. The van der Waals surface area contributed by atoms with Crippen LogP contribution in [0.1, 0.15) is 20.8 Å². The zero-order valence-electron chi connectivity index (χ0n) is 11.0. The van der Waals surface area contributed by atoms with E-state index in [1.54, 1.807) is 11.8 Å². The first-order valence-corrected chi connectivity index (χ1v) is 5.66. The molecular formula is C12H17N5O. The molecule has 0 aliphatic carbocycles. The van der Waals surface area contributed by atoms with Crippen LogP contribution < -0.4 is 10.5 Å².